The summed E-state index contributed by atoms with van der Waals surface area (Å²) in [5, 5.41) is 15.5. The van der Waals surface area contributed by atoms with Crippen molar-refractivity contribution in [2.45, 2.75) is 59.2 Å². The number of benzene rings is 1. The maximum absolute atomic E-state index is 12.2. The summed E-state index contributed by atoms with van der Waals surface area (Å²) in [4.78, 5) is 30.0. The molecule has 1 fully saturated rings. The van der Waals surface area contributed by atoms with E-state index in [9.17, 15) is 14.7 Å². The number of likely N-dealkylation sites (tertiary alicyclic amines) is 1. The Morgan fingerprint density at radius 2 is 2.00 bits per heavy atom. The first-order valence-corrected chi connectivity index (χ1v) is 12.2. The number of nitrogens with zero attached hydrogens (tertiary/aromatic N) is 2. The molecule has 9 heteroatoms. The van der Waals surface area contributed by atoms with Crippen LogP contribution in [-0.4, -0.2) is 65.5 Å². The third-order valence-electron chi connectivity index (χ3n) is 5.62. The Hall–Kier alpha value is -1.60. The zero-order valence-electron chi connectivity index (χ0n) is 20.8. The molecule has 1 aliphatic heterocycles. The van der Waals surface area contributed by atoms with Gasteiger partial charge in [0, 0.05) is 27.0 Å². The maximum Gasteiger partial charge on any atom is 0.230 e. The molecule has 1 saturated heterocycles. The molecule has 34 heavy (non-hydrogen) atoms. The summed E-state index contributed by atoms with van der Waals surface area (Å²) >= 11 is 1.62. The Morgan fingerprint density at radius 1 is 1.35 bits per heavy atom. The average Bonchev–Trinajstić information content (AvgIpc) is 3.34. The molecule has 0 bridgehead atoms. The van der Waals surface area contributed by atoms with Gasteiger partial charge >= 0.3 is 0 Å². The summed E-state index contributed by atoms with van der Waals surface area (Å²) in [6.07, 6.45) is 1.04. The molecule has 1 aromatic carbocycles. The van der Waals surface area contributed by atoms with E-state index in [0.717, 1.165) is 29.7 Å². The number of nitrogens with one attached hydrogen (secondary N) is 2. The van der Waals surface area contributed by atoms with Crippen molar-refractivity contribution < 1.29 is 35.1 Å². The molecule has 0 saturated carbocycles. The van der Waals surface area contributed by atoms with Gasteiger partial charge in [-0.2, -0.15) is 17.7 Å². The summed E-state index contributed by atoms with van der Waals surface area (Å²) in [7, 11) is 1.85. The number of likely N-dealkylation sites (N-methyl/N-ethyl adjacent to an activating group) is 2. The Bertz CT molecular complexity index is 898. The molecule has 2 heterocycles. The Kier molecular flexibility index (Phi) is 12.6. The number of hydrogen-bond donors (Lipinski definition) is 3. The van der Waals surface area contributed by atoms with Gasteiger partial charge in [0.1, 0.15) is 6.29 Å². The Morgan fingerprint density at radius 3 is 2.41 bits per heavy atom. The Balaban J connectivity index is 0.000000450. The fourth-order valence-electron chi connectivity index (χ4n) is 3.62. The van der Waals surface area contributed by atoms with E-state index in [0.29, 0.717) is 13.0 Å². The van der Waals surface area contributed by atoms with Gasteiger partial charge in [0.05, 0.1) is 34.3 Å². The SMILES string of the molecule is CCNC(C=O)C(C)(C)C.Cc1ncsc1-c1ccc([CH-]NC(=O)C2CC(O)CN2C)cc1.[Re]. The maximum atomic E-state index is 12.2. The van der Waals surface area contributed by atoms with Gasteiger partial charge in [0.15, 0.2) is 0 Å². The van der Waals surface area contributed by atoms with Crippen molar-refractivity contribution in [2.75, 3.05) is 20.1 Å². The number of β-amino-alcohol motifs (C(OH)–C–C–N with tert-alkyl or cyclic N) is 1. The van der Waals surface area contributed by atoms with Crippen LogP contribution < -0.4 is 10.6 Å². The van der Waals surface area contributed by atoms with Gasteiger partial charge in [-0.15, -0.1) is 23.5 Å². The summed E-state index contributed by atoms with van der Waals surface area (Å²) < 4.78 is 0. The number of carbonyl (C=O) groups is 2. The largest absolute Gasteiger partial charge is 0.392 e. The van der Waals surface area contributed by atoms with E-state index in [2.05, 4.69) is 36.4 Å². The molecule has 2 aromatic rings. The van der Waals surface area contributed by atoms with Crippen LogP contribution in [0.3, 0.4) is 0 Å². The summed E-state index contributed by atoms with van der Waals surface area (Å²) in [6, 6.07) is 7.73. The molecule has 3 rings (SSSR count). The van der Waals surface area contributed by atoms with Crippen LogP contribution in [0.4, 0.5) is 0 Å². The van der Waals surface area contributed by atoms with E-state index >= 15 is 0 Å². The van der Waals surface area contributed by atoms with Crippen LogP contribution in [0.25, 0.3) is 10.4 Å². The van der Waals surface area contributed by atoms with Gasteiger partial charge in [-0.25, -0.2) is 4.98 Å². The first-order chi connectivity index (χ1) is 15.6. The smallest absolute Gasteiger partial charge is 0.230 e. The number of aliphatic hydroxyl groups is 1. The van der Waals surface area contributed by atoms with Crippen LogP contribution in [0.15, 0.2) is 29.8 Å². The zero-order valence-corrected chi connectivity index (χ0v) is 24.4. The van der Waals surface area contributed by atoms with Crippen LogP contribution in [0.2, 0.25) is 0 Å². The number of aromatic nitrogens is 1. The fourth-order valence-corrected chi connectivity index (χ4v) is 4.43. The number of aryl methyl sites for hydroxylation is 1. The van der Waals surface area contributed by atoms with E-state index < -0.39 is 6.10 Å². The third kappa shape index (κ3) is 8.88. The van der Waals surface area contributed by atoms with Crippen LogP contribution in [0.1, 0.15) is 45.4 Å². The second-order valence-corrected chi connectivity index (χ2v) is 10.3. The van der Waals surface area contributed by atoms with Gasteiger partial charge in [-0.05, 0) is 37.9 Å². The summed E-state index contributed by atoms with van der Waals surface area (Å²) in [5.41, 5.74) is 4.98. The minimum atomic E-state index is -0.419. The van der Waals surface area contributed by atoms with E-state index in [1.807, 2.05) is 55.6 Å². The standard InChI is InChI=1S/C17H20N3O2S.C8H17NO.Re/c1-11-16(23-10-19-11)13-5-3-12(4-6-13)8-18-17(22)15-7-14(21)9-20(15)2;1-5-9-7(6-10)8(2,3)4;/h3-6,8,10,14-15,21H,7,9H2,1-2H3,(H,18,22);6-7,9H,5H2,1-4H3;/q-1;;. The first kappa shape index (κ1) is 30.4. The zero-order chi connectivity index (χ0) is 24.6. The van der Waals surface area contributed by atoms with Crippen LogP contribution in [0, 0.1) is 18.9 Å². The minimum absolute atomic E-state index is 0. The average molecular weight is 660 g/mol. The van der Waals surface area contributed by atoms with Crippen molar-refractivity contribution in [3.05, 3.63) is 47.6 Å². The molecule has 1 radical (unpaired) electrons. The molecule has 3 atom stereocenters. The second kappa shape index (κ2) is 14.1. The van der Waals surface area contributed by atoms with Crippen LogP contribution >= 0.6 is 11.3 Å². The molecule has 1 aliphatic rings. The van der Waals surface area contributed by atoms with Gasteiger partial charge in [-0.3, -0.25) is 9.69 Å². The molecular formula is C25H37N4O3ReS-. The quantitative estimate of drug-likeness (QED) is 0.313. The molecule has 0 spiro atoms. The van der Waals surface area contributed by atoms with E-state index in [-0.39, 0.29) is 43.8 Å². The van der Waals surface area contributed by atoms with Gasteiger partial charge in [0.25, 0.3) is 0 Å². The number of thiazole rings is 1. The topological polar surface area (TPSA) is 94.6 Å². The van der Waals surface area contributed by atoms with E-state index in [1.54, 1.807) is 17.9 Å². The molecular weight excluding hydrogens is 623 g/mol. The number of aliphatic hydroxyl groups excluding tert-OH is 1. The van der Waals surface area contributed by atoms with Gasteiger partial charge in [0.2, 0.25) is 5.91 Å². The van der Waals surface area contributed by atoms with Crippen molar-refractivity contribution in [1.29, 1.82) is 0 Å². The summed E-state index contributed by atoms with van der Waals surface area (Å²) in [5.74, 6) is -0.0774. The van der Waals surface area contributed by atoms with Crippen molar-refractivity contribution >= 4 is 23.5 Å². The monoisotopic (exact) mass is 660 g/mol. The molecule has 1 amide bonds. The van der Waals surface area contributed by atoms with E-state index in [4.69, 9.17) is 0 Å². The molecule has 7 nitrogen and oxygen atoms in total. The van der Waals surface area contributed by atoms with Gasteiger partial charge < -0.3 is 20.5 Å². The Labute approximate surface area is 221 Å². The summed E-state index contributed by atoms with van der Waals surface area (Å²) in [6.45, 7) is 13.3. The fraction of sp³-hybridized carbons (Fsp3) is 0.520. The number of rotatable bonds is 7. The van der Waals surface area contributed by atoms with E-state index in [1.165, 1.54) is 4.88 Å². The van der Waals surface area contributed by atoms with Crippen molar-refractivity contribution in [3.63, 3.8) is 0 Å². The van der Waals surface area contributed by atoms with Crippen LogP contribution in [-0.2, 0) is 30.0 Å². The molecule has 1 aromatic heterocycles. The van der Waals surface area contributed by atoms with Crippen molar-refractivity contribution in [3.8, 4) is 10.4 Å². The predicted molar refractivity (Wildman–Crippen MR) is 134 cm³/mol. The van der Waals surface area contributed by atoms with Gasteiger partial charge in [-0.1, -0.05) is 34.2 Å². The number of amides is 1. The predicted octanol–water partition coefficient (Wildman–Crippen LogP) is 3.02. The van der Waals surface area contributed by atoms with Crippen molar-refractivity contribution in [1.82, 2.24) is 20.5 Å². The third-order valence-corrected chi connectivity index (χ3v) is 6.60. The van der Waals surface area contributed by atoms with Crippen molar-refractivity contribution in [2.24, 2.45) is 5.41 Å². The number of aldehydes is 1. The number of hydrogen-bond acceptors (Lipinski definition) is 7. The van der Waals surface area contributed by atoms with Crippen LogP contribution in [0.5, 0.6) is 0 Å². The normalized spacial score (nSPS) is 18.8. The second-order valence-electron chi connectivity index (χ2n) is 9.42. The molecule has 189 valence electrons. The molecule has 0 aliphatic carbocycles. The molecule has 3 N–H and O–H groups in total. The minimum Gasteiger partial charge on any atom is -0.392 e. The first-order valence-electron chi connectivity index (χ1n) is 11.3. The molecule has 3 unspecified atom stereocenters. The number of carbonyl (C=O) groups excluding carboxylic acids is 2.